The molecule has 2 aromatic carbocycles. The van der Waals surface area contributed by atoms with Crippen LogP contribution in [0.4, 0.5) is 5.69 Å². The normalized spacial score (nSPS) is 17.4. The Hall–Kier alpha value is -2.29. The van der Waals surface area contributed by atoms with Gasteiger partial charge in [-0.1, -0.05) is 42.0 Å². The van der Waals surface area contributed by atoms with Crippen molar-refractivity contribution in [2.24, 2.45) is 0 Å². The molecule has 0 fully saturated rings. The molecule has 0 aliphatic carbocycles. The predicted molar refractivity (Wildman–Crippen MR) is 76.2 cm³/mol. The van der Waals surface area contributed by atoms with Gasteiger partial charge >= 0.3 is 0 Å². The second-order valence-corrected chi connectivity index (χ2v) is 4.96. The van der Waals surface area contributed by atoms with E-state index in [1.807, 2.05) is 37.3 Å². The van der Waals surface area contributed by atoms with Crippen LogP contribution in [0.15, 0.2) is 42.5 Å². The number of fused-ring (bicyclic) bond motifs is 1. The first kappa shape index (κ1) is 11.8. The highest BCUT2D eigenvalue weighted by Crippen LogP contribution is 2.28. The van der Waals surface area contributed by atoms with Gasteiger partial charge in [-0.2, -0.15) is 0 Å². The lowest BCUT2D eigenvalue weighted by Gasteiger charge is -2.29. The fraction of sp³-hybridized carbons (Fsp3) is 0.188. The van der Waals surface area contributed by atoms with E-state index in [2.05, 4.69) is 29.7 Å². The SMILES string of the molecule is Cc1ccc(C2NC(=O)c3c(C)cccc3N2)cc1. The number of carbonyl (C=O) groups is 1. The molecule has 1 aliphatic heterocycles. The van der Waals surface area contributed by atoms with E-state index in [9.17, 15) is 4.79 Å². The van der Waals surface area contributed by atoms with E-state index in [0.717, 1.165) is 22.4 Å². The van der Waals surface area contributed by atoms with Crippen LogP contribution in [0, 0.1) is 13.8 Å². The minimum absolute atomic E-state index is 0.0163. The number of carbonyl (C=O) groups excluding carboxylic acids is 1. The molecule has 96 valence electrons. The standard InChI is InChI=1S/C16H16N2O/c1-10-6-8-12(9-7-10)15-17-13-5-3-4-11(2)14(13)16(19)18-15/h3-9,15,17H,1-2H3,(H,18,19). The highest BCUT2D eigenvalue weighted by atomic mass is 16.2. The Kier molecular flexibility index (Phi) is 2.75. The zero-order valence-corrected chi connectivity index (χ0v) is 11.0. The molecule has 3 nitrogen and oxygen atoms in total. The molecule has 1 atom stereocenters. The molecule has 3 rings (SSSR count). The minimum atomic E-state index is -0.164. The average molecular weight is 252 g/mol. The first-order chi connectivity index (χ1) is 9.15. The summed E-state index contributed by atoms with van der Waals surface area (Å²) >= 11 is 0. The highest BCUT2D eigenvalue weighted by Gasteiger charge is 2.25. The lowest BCUT2D eigenvalue weighted by molar-refractivity contribution is 0.0935. The fourth-order valence-electron chi connectivity index (χ4n) is 2.41. The summed E-state index contributed by atoms with van der Waals surface area (Å²) in [5.41, 5.74) is 4.90. The molecule has 2 N–H and O–H groups in total. The van der Waals surface area contributed by atoms with E-state index in [0.29, 0.717) is 0 Å². The highest BCUT2D eigenvalue weighted by molar-refractivity contribution is 6.03. The van der Waals surface area contributed by atoms with E-state index in [-0.39, 0.29) is 12.1 Å². The third-order valence-electron chi connectivity index (χ3n) is 3.49. The van der Waals surface area contributed by atoms with Crippen LogP contribution in [0.1, 0.15) is 33.2 Å². The third kappa shape index (κ3) is 2.08. The number of anilines is 1. The molecule has 0 radical (unpaired) electrons. The molecule has 2 aromatic rings. The third-order valence-corrected chi connectivity index (χ3v) is 3.49. The molecule has 0 aromatic heterocycles. The lowest BCUT2D eigenvalue weighted by atomic mass is 10.0. The molecule has 1 aliphatic rings. The topological polar surface area (TPSA) is 41.1 Å². The van der Waals surface area contributed by atoms with Crippen molar-refractivity contribution in [3.05, 3.63) is 64.7 Å². The molecular weight excluding hydrogens is 236 g/mol. The van der Waals surface area contributed by atoms with Crippen molar-refractivity contribution >= 4 is 11.6 Å². The number of nitrogens with one attached hydrogen (secondary N) is 2. The second-order valence-electron chi connectivity index (χ2n) is 4.96. The number of hydrogen-bond donors (Lipinski definition) is 2. The largest absolute Gasteiger partial charge is 0.361 e. The van der Waals surface area contributed by atoms with Gasteiger partial charge in [-0.25, -0.2) is 0 Å². The molecule has 0 saturated heterocycles. The molecule has 0 bridgehead atoms. The maximum Gasteiger partial charge on any atom is 0.255 e. The summed E-state index contributed by atoms with van der Waals surface area (Å²) in [7, 11) is 0. The Morgan fingerprint density at radius 1 is 0.947 bits per heavy atom. The zero-order valence-electron chi connectivity index (χ0n) is 11.0. The summed E-state index contributed by atoms with van der Waals surface area (Å²) in [6, 6.07) is 14.0. The number of rotatable bonds is 1. The van der Waals surface area contributed by atoms with Gasteiger partial charge in [-0.05, 0) is 31.0 Å². The summed E-state index contributed by atoms with van der Waals surface area (Å²) in [5, 5.41) is 6.37. The number of hydrogen-bond acceptors (Lipinski definition) is 2. The van der Waals surface area contributed by atoms with Gasteiger partial charge in [-0.15, -0.1) is 0 Å². The van der Waals surface area contributed by atoms with Crippen LogP contribution in [0.3, 0.4) is 0 Å². The van der Waals surface area contributed by atoms with Crippen LogP contribution < -0.4 is 10.6 Å². The van der Waals surface area contributed by atoms with Gasteiger partial charge in [-0.3, -0.25) is 4.79 Å². The molecule has 19 heavy (non-hydrogen) atoms. The van der Waals surface area contributed by atoms with Crippen molar-refractivity contribution in [3.63, 3.8) is 0 Å². The van der Waals surface area contributed by atoms with Crippen molar-refractivity contribution in [1.29, 1.82) is 0 Å². The Morgan fingerprint density at radius 2 is 1.68 bits per heavy atom. The molecule has 0 saturated carbocycles. The smallest absolute Gasteiger partial charge is 0.255 e. The Bertz CT molecular complexity index is 632. The van der Waals surface area contributed by atoms with E-state index in [1.165, 1.54) is 5.56 Å². The zero-order chi connectivity index (χ0) is 13.4. The molecule has 1 heterocycles. The first-order valence-electron chi connectivity index (χ1n) is 6.39. The van der Waals surface area contributed by atoms with Crippen LogP contribution in [0.5, 0.6) is 0 Å². The average Bonchev–Trinajstić information content (AvgIpc) is 2.39. The first-order valence-corrected chi connectivity index (χ1v) is 6.39. The van der Waals surface area contributed by atoms with E-state index in [4.69, 9.17) is 0 Å². The van der Waals surface area contributed by atoms with Gasteiger partial charge < -0.3 is 10.6 Å². The van der Waals surface area contributed by atoms with Crippen LogP contribution in [-0.4, -0.2) is 5.91 Å². The maximum absolute atomic E-state index is 12.2. The number of benzene rings is 2. The summed E-state index contributed by atoms with van der Waals surface area (Å²) < 4.78 is 0. The quantitative estimate of drug-likeness (QED) is 0.818. The molecule has 1 unspecified atom stereocenters. The van der Waals surface area contributed by atoms with Crippen LogP contribution in [-0.2, 0) is 0 Å². The van der Waals surface area contributed by atoms with Gasteiger partial charge in [0.05, 0.1) is 5.56 Å². The molecule has 3 heteroatoms. The predicted octanol–water partition coefficient (Wildman–Crippen LogP) is 3.16. The van der Waals surface area contributed by atoms with Gasteiger partial charge in [0.15, 0.2) is 0 Å². The van der Waals surface area contributed by atoms with Gasteiger partial charge in [0.1, 0.15) is 6.17 Å². The maximum atomic E-state index is 12.2. The van der Waals surface area contributed by atoms with Crippen molar-refractivity contribution < 1.29 is 4.79 Å². The van der Waals surface area contributed by atoms with Gasteiger partial charge in [0, 0.05) is 5.69 Å². The monoisotopic (exact) mass is 252 g/mol. The molecule has 1 amide bonds. The van der Waals surface area contributed by atoms with E-state index >= 15 is 0 Å². The van der Waals surface area contributed by atoms with Gasteiger partial charge in [0.2, 0.25) is 0 Å². The van der Waals surface area contributed by atoms with Gasteiger partial charge in [0.25, 0.3) is 5.91 Å². The minimum Gasteiger partial charge on any atom is -0.361 e. The number of amides is 1. The van der Waals surface area contributed by atoms with E-state index in [1.54, 1.807) is 0 Å². The van der Waals surface area contributed by atoms with Crippen LogP contribution >= 0.6 is 0 Å². The summed E-state index contributed by atoms with van der Waals surface area (Å²) in [5.74, 6) is -0.0163. The van der Waals surface area contributed by atoms with Crippen molar-refractivity contribution in [1.82, 2.24) is 5.32 Å². The Labute approximate surface area is 112 Å². The summed E-state index contributed by atoms with van der Waals surface area (Å²) in [4.78, 5) is 12.2. The van der Waals surface area contributed by atoms with Crippen molar-refractivity contribution in [3.8, 4) is 0 Å². The van der Waals surface area contributed by atoms with Crippen molar-refractivity contribution in [2.75, 3.05) is 5.32 Å². The summed E-state index contributed by atoms with van der Waals surface area (Å²) in [6.07, 6.45) is -0.164. The van der Waals surface area contributed by atoms with Crippen LogP contribution in [0.25, 0.3) is 0 Å². The summed E-state index contributed by atoms with van der Waals surface area (Å²) in [6.45, 7) is 4.00. The lowest BCUT2D eigenvalue weighted by Crippen LogP contribution is -2.38. The van der Waals surface area contributed by atoms with Crippen molar-refractivity contribution in [2.45, 2.75) is 20.0 Å². The molecular formula is C16H16N2O. The second kappa shape index (κ2) is 4.43. The fourth-order valence-corrected chi connectivity index (χ4v) is 2.41. The molecule has 0 spiro atoms. The number of aryl methyl sites for hydroxylation is 2. The van der Waals surface area contributed by atoms with E-state index < -0.39 is 0 Å². The van der Waals surface area contributed by atoms with Crippen LogP contribution in [0.2, 0.25) is 0 Å². The Morgan fingerprint density at radius 3 is 2.42 bits per heavy atom. The Balaban J connectivity index is 1.97.